The maximum Gasteiger partial charge on any atom is 0.296 e. The van der Waals surface area contributed by atoms with Crippen LogP contribution in [0.15, 0.2) is 53.4 Å². The first kappa shape index (κ1) is 16.7. The fourth-order valence-electron chi connectivity index (χ4n) is 2.53. The van der Waals surface area contributed by atoms with E-state index in [1.54, 1.807) is 24.3 Å². The number of nitrogen functional groups attached to an aromatic ring is 2. The summed E-state index contributed by atoms with van der Waals surface area (Å²) in [4.78, 5) is 11.9. The number of phenols is 1. The number of aromatic hydroxyl groups is 1. The molecule has 3 aromatic carbocycles. The summed E-state index contributed by atoms with van der Waals surface area (Å²) in [6, 6.07) is 11.8. The van der Waals surface area contributed by atoms with Crippen LogP contribution >= 0.6 is 0 Å². The van der Waals surface area contributed by atoms with Crippen molar-refractivity contribution in [1.82, 2.24) is 0 Å². The van der Waals surface area contributed by atoms with E-state index < -0.39 is 26.5 Å². The first-order valence-electron chi connectivity index (χ1n) is 7.11. The Labute approximate surface area is 143 Å². The number of phenolic OH excluding ortho intramolecular Hbond substituents is 1. The largest absolute Gasteiger partial charge is 0.505 e. The highest BCUT2D eigenvalue weighted by molar-refractivity contribution is 7.86. The van der Waals surface area contributed by atoms with Gasteiger partial charge in [0.15, 0.2) is 5.78 Å². The normalized spacial score (nSPS) is 11.6. The van der Waals surface area contributed by atoms with E-state index in [4.69, 9.17) is 11.5 Å². The van der Waals surface area contributed by atoms with Gasteiger partial charge in [0, 0.05) is 22.2 Å². The van der Waals surface area contributed by atoms with Gasteiger partial charge in [-0.2, -0.15) is 8.42 Å². The van der Waals surface area contributed by atoms with Gasteiger partial charge < -0.3 is 16.6 Å². The van der Waals surface area contributed by atoms with Crippen LogP contribution in [0.2, 0.25) is 0 Å². The minimum atomic E-state index is -4.62. The Hall–Kier alpha value is -3.10. The van der Waals surface area contributed by atoms with Crippen molar-refractivity contribution in [2.45, 2.75) is 4.90 Å². The zero-order valence-corrected chi connectivity index (χ0v) is 13.6. The van der Waals surface area contributed by atoms with Crippen LogP contribution in [-0.2, 0) is 10.1 Å². The van der Waals surface area contributed by atoms with Gasteiger partial charge in [-0.25, -0.2) is 0 Å². The third kappa shape index (κ3) is 3.00. The molecule has 128 valence electrons. The number of nitrogens with two attached hydrogens (primary N) is 2. The van der Waals surface area contributed by atoms with Crippen molar-refractivity contribution in [2.24, 2.45) is 0 Å². The Morgan fingerprint density at radius 2 is 1.52 bits per heavy atom. The fourth-order valence-corrected chi connectivity index (χ4v) is 3.18. The number of fused-ring (bicyclic) bond motifs is 1. The lowest BCUT2D eigenvalue weighted by molar-refractivity contribution is 0.103. The zero-order valence-electron chi connectivity index (χ0n) is 12.8. The number of carbonyl (C=O) groups excluding carboxylic acids is 1. The third-order valence-electron chi connectivity index (χ3n) is 3.83. The quantitative estimate of drug-likeness (QED) is 0.243. The molecular formula is C17H14N2O5S. The molecule has 0 spiro atoms. The Balaban J connectivity index is 2.18. The van der Waals surface area contributed by atoms with E-state index in [1.165, 1.54) is 18.2 Å². The molecule has 0 fully saturated rings. The molecule has 0 atom stereocenters. The van der Waals surface area contributed by atoms with Crippen LogP contribution in [0.25, 0.3) is 10.8 Å². The summed E-state index contributed by atoms with van der Waals surface area (Å²) in [5, 5.41) is 10.6. The molecule has 3 rings (SSSR count). The molecule has 0 aliphatic rings. The van der Waals surface area contributed by atoms with Crippen LogP contribution in [-0.4, -0.2) is 23.9 Å². The Morgan fingerprint density at radius 3 is 2.12 bits per heavy atom. The third-order valence-corrected chi connectivity index (χ3v) is 4.72. The molecule has 0 saturated carbocycles. The van der Waals surface area contributed by atoms with Gasteiger partial charge in [-0.3, -0.25) is 9.35 Å². The summed E-state index contributed by atoms with van der Waals surface area (Å²) < 4.78 is 32.1. The van der Waals surface area contributed by atoms with E-state index >= 15 is 0 Å². The molecule has 0 aromatic heterocycles. The average molecular weight is 358 g/mol. The summed E-state index contributed by atoms with van der Waals surface area (Å²) in [6.07, 6.45) is 0. The zero-order chi connectivity index (χ0) is 18.4. The first-order chi connectivity index (χ1) is 11.7. The lowest BCUT2D eigenvalue weighted by Gasteiger charge is -2.10. The van der Waals surface area contributed by atoms with Crippen LogP contribution in [0.4, 0.5) is 11.4 Å². The van der Waals surface area contributed by atoms with Crippen molar-refractivity contribution in [3.05, 3.63) is 59.7 Å². The minimum Gasteiger partial charge on any atom is -0.505 e. The van der Waals surface area contributed by atoms with Gasteiger partial charge in [-0.15, -0.1) is 0 Å². The van der Waals surface area contributed by atoms with Crippen LogP contribution in [0, 0.1) is 0 Å². The van der Waals surface area contributed by atoms with Crippen molar-refractivity contribution in [2.75, 3.05) is 11.5 Å². The second-order valence-electron chi connectivity index (χ2n) is 5.50. The number of carbonyl (C=O) groups is 1. The van der Waals surface area contributed by atoms with Crippen molar-refractivity contribution in [1.29, 1.82) is 0 Å². The van der Waals surface area contributed by atoms with Crippen molar-refractivity contribution in [3.63, 3.8) is 0 Å². The van der Waals surface area contributed by atoms with E-state index in [1.807, 2.05) is 0 Å². The van der Waals surface area contributed by atoms with Crippen LogP contribution in [0.5, 0.6) is 5.75 Å². The molecular weight excluding hydrogens is 344 g/mol. The highest BCUT2D eigenvalue weighted by atomic mass is 32.2. The summed E-state index contributed by atoms with van der Waals surface area (Å²) in [5.41, 5.74) is 11.9. The van der Waals surface area contributed by atoms with Gasteiger partial charge >= 0.3 is 0 Å². The standard InChI is InChI=1S/C17H14N2O5S/c18-12-4-1-9(2-5-12)16(20)10-3-6-13-11(7-10)8-14(25(22,23)24)15(19)17(13)21/h1-8,21H,18-19H2,(H,22,23,24). The van der Waals surface area contributed by atoms with E-state index in [9.17, 15) is 22.9 Å². The van der Waals surface area contributed by atoms with Gasteiger partial charge in [0.25, 0.3) is 10.1 Å². The first-order valence-corrected chi connectivity index (χ1v) is 8.55. The van der Waals surface area contributed by atoms with Gasteiger partial charge in [0.2, 0.25) is 0 Å². The van der Waals surface area contributed by atoms with Crippen molar-refractivity contribution >= 4 is 38.0 Å². The molecule has 0 aliphatic heterocycles. The summed E-state index contributed by atoms with van der Waals surface area (Å²) >= 11 is 0. The predicted octanol–water partition coefficient (Wildman–Crippen LogP) is 2.19. The molecule has 0 bridgehead atoms. The van der Waals surface area contributed by atoms with E-state index in [0.717, 1.165) is 6.07 Å². The van der Waals surface area contributed by atoms with Gasteiger partial charge in [-0.05, 0) is 47.9 Å². The van der Waals surface area contributed by atoms with Crippen molar-refractivity contribution < 1.29 is 22.9 Å². The van der Waals surface area contributed by atoms with Gasteiger partial charge in [0.05, 0.1) is 5.69 Å². The second-order valence-corrected chi connectivity index (χ2v) is 6.89. The number of hydrogen-bond donors (Lipinski definition) is 4. The monoisotopic (exact) mass is 358 g/mol. The molecule has 0 unspecified atom stereocenters. The summed E-state index contributed by atoms with van der Waals surface area (Å²) in [5.74, 6) is -0.775. The molecule has 0 aliphatic carbocycles. The van der Waals surface area contributed by atoms with E-state index in [2.05, 4.69) is 0 Å². The number of benzene rings is 3. The summed E-state index contributed by atoms with van der Waals surface area (Å²) in [7, 11) is -4.62. The smallest absolute Gasteiger partial charge is 0.296 e. The molecule has 0 radical (unpaired) electrons. The predicted molar refractivity (Wildman–Crippen MR) is 94.1 cm³/mol. The lowest BCUT2D eigenvalue weighted by Crippen LogP contribution is -2.05. The maximum atomic E-state index is 12.5. The van der Waals surface area contributed by atoms with Crippen LogP contribution in [0.3, 0.4) is 0 Å². The topological polar surface area (TPSA) is 144 Å². The number of rotatable bonds is 3. The van der Waals surface area contributed by atoms with Crippen molar-refractivity contribution in [3.8, 4) is 5.75 Å². The number of hydrogen-bond acceptors (Lipinski definition) is 6. The molecule has 0 amide bonds. The SMILES string of the molecule is Nc1ccc(C(=O)c2ccc3c(O)c(N)c(S(=O)(=O)O)cc3c2)cc1. The Bertz CT molecular complexity index is 1110. The molecule has 8 heteroatoms. The van der Waals surface area contributed by atoms with Crippen LogP contribution < -0.4 is 11.5 Å². The Kier molecular flexibility index (Phi) is 3.86. The lowest BCUT2D eigenvalue weighted by atomic mass is 9.99. The molecule has 6 N–H and O–H groups in total. The Morgan fingerprint density at radius 1 is 0.920 bits per heavy atom. The van der Waals surface area contributed by atoms with Crippen LogP contribution in [0.1, 0.15) is 15.9 Å². The molecule has 3 aromatic rings. The second kappa shape index (κ2) is 5.76. The van der Waals surface area contributed by atoms with E-state index in [0.29, 0.717) is 11.3 Å². The minimum absolute atomic E-state index is 0.251. The van der Waals surface area contributed by atoms with Gasteiger partial charge in [-0.1, -0.05) is 6.07 Å². The molecule has 0 heterocycles. The number of ketones is 1. The molecule has 25 heavy (non-hydrogen) atoms. The fraction of sp³-hybridized carbons (Fsp3) is 0. The summed E-state index contributed by atoms with van der Waals surface area (Å²) in [6.45, 7) is 0. The van der Waals surface area contributed by atoms with E-state index in [-0.39, 0.29) is 22.1 Å². The average Bonchev–Trinajstić information content (AvgIpc) is 2.56. The number of anilines is 2. The molecule has 7 nitrogen and oxygen atoms in total. The van der Waals surface area contributed by atoms with Gasteiger partial charge in [0.1, 0.15) is 10.6 Å². The highest BCUT2D eigenvalue weighted by Crippen LogP contribution is 2.36. The highest BCUT2D eigenvalue weighted by Gasteiger charge is 2.20. The maximum absolute atomic E-state index is 12.5. The molecule has 0 saturated heterocycles.